The smallest absolute Gasteiger partial charge is 0.181 e. The second-order valence-corrected chi connectivity index (χ2v) is 11.4. The normalized spacial score (nSPS) is 18.7. The molecule has 2 N–H and O–H groups in total. The highest BCUT2D eigenvalue weighted by atomic mass is 16.5. The summed E-state index contributed by atoms with van der Waals surface area (Å²) in [5, 5.41) is 18.9. The van der Waals surface area contributed by atoms with Gasteiger partial charge in [0, 0.05) is 29.1 Å². The fourth-order valence-corrected chi connectivity index (χ4v) is 6.25. The van der Waals surface area contributed by atoms with Gasteiger partial charge in [0.05, 0.1) is 17.8 Å². The predicted molar refractivity (Wildman–Crippen MR) is 159 cm³/mol. The maximum absolute atomic E-state index is 6.14. The average molecular weight is 536 g/mol. The van der Waals surface area contributed by atoms with Gasteiger partial charge in [-0.15, -0.1) is 0 Å². The molecule has 3 aromatic carbocycles. The van der Waals surface area contributed by atoms with E-state index in [2.05, 4.69) is 91.7 Å². The summed E-state index contributed by atoms with van der Waals surface area (Å²) in [7, 11) is 0. The number of hydrogen-bond donors (Lipinski definition) is 2. The number of benzene rings is 3. The maximum atomic E-state index is 6.14. The zero-order chi connectivity index (χ0) is 26.9. The fraction of sp³-hybridized carbons (Fsp3) is 0.406. The van der Waals surface area contributed by atoms with Crippen molar-refractivity contribution in [3.63, 3.8) is 0 Å². The van der Waals surface area contributed by atoms with Crippen molar-refractivity contribution in [2.45, 2.75) is 51.6 Å². The van der Waals surface area contributed by atoms with Gasteiger partial charge in [0.1, 0.15) is 18.2 Å². The number of piperidine rings is 1. The van der Waals surface area contributed by atoms with Crippen molar-refractivity contribution in [3.8, 4) is 28.4 Å². The van der Waals surface area contributed by atoms with Crippen LogP contribution in [0.5, 0.6) is 5.75 Å². The molecule has 0 amide bonds. The molecule has 0 spiro atoms. The molecule has 2 aromatic heterocycles. The molecule has 2 aliphatic rings. The van der Waals surface area contributed by atoms with Gasteiger partial charge in [0.25, 0.3) is 0 Å². The minimum atomic E-state index is 0.661. The number of rotatable bonds is 8. The maximum Gasteiger partial charge on any atom is 0.181 e. The largest absolute Gasteiger partial charge is 0.492 e. The molecule has 7 rings (SSSR count). The molecule has 206 valence electrons. The molecule has 0 saturated carbocycles. The summed E-state index contributed by atoms with van der Waals surface area (Å²) in [6, 6.07) is 19.8. The first-order chi connectivity index (χ1) is 19.7. The molecule has 2 aliphatic heterocycles. The predicted octanol–water partition coefficient (Wildman–Crippen LogP) is 6.02. The number of likely N-dealkylation sites (tertiary alicyclic amines) is 2. The van der Waals surface area contributed by atoms with Gasteiger partial charge in [-0.25, -0.2) is 4.98 Å². The van der Waals surface area contributed by atoms with Crippen LogP contribution in [0.4, 0.5) is 0 Å². The second kappa shape index (κ2) is 11.0. The van der Waals surface area contributed by atoms with E-state index in [9.17, 15) is 0 Å². The third kappa shape index (κ3) is 5.21. The lowest BCUT2D eigenvalue weighted by Gasteiger charge is -2.33. The molecule has 0 bridgehead atoms. The molecule has 0 radical (unpaired) electrons. The Balaban J connectivity index is 1.08. The topological polar surface area (TPSA) is 86.0 Å². The highest BCUT2D eigenvalue weighted by Gasteiger charge is 2.18. The van der Waals surface area contributed by atoms with Crippen LogP contribution in [0.25, 0.3) is 44.3 Å². The monoisotopic (exact) mass is 535 g/mol. The van der Waals surface area contributed by atoms with Gasteiger partial charge in [0.15, 0.2) is 5.82 Å². The van der Waals surface area contributed by atoms with Crippen LogP contribution >= 0.6 is 0 Å². The van der Waals surface area contributed by atoms with Crippen molar-refractivity contribution in [3.05, 3.63) is 60.4 Å². The van der Waals surface area contributed by atoms with E-state index in [1.165, 1.54) is 49.4 Å². The van der Waals surface area contributed by atoms with Crippen molar-refractivity contribution in [1.82, 2.24) is 35.2 Å². The summed E-state index contributed by atoms with van der Waals surface area (Å²) >= 11 is 0. The van der Waals surface area contributed by atoms with Gasteiger partial charge in [-0.3, -0.25) is 20.0 Å². The molecule has 8 nitrogen and oxygen atoms in total. The lowest BCUT2D eigenvalue weighted by molar-refractivity contribution is 0.133. The van der Waals surface area contributed by atoms with Crippen molar-refractivity contribution >= 4 is 21.7 Å². The van der Waals surface area contributed by atoms with Gasteiger partial charge in [-0.05, 0) is 99.4 Å². The first-order valence-electron chi connectivity index (χ1n) is 14.7. The van der Waals surface area contributed by atoms with Crippen molar-refractivity contribution < 1.29 is 4.74 Å². The van der Waals surface area contributed by atoms with E-state index < -0.39 is 0 Å². The zero-order valence-electron chi connectivity index (χ0n) is 23.2. The standard InChI is InChI=1S/C32H37N7O/c1-22-6-2-3-15-39(22)16-17-40-27-11-9-23-18-25(8-7-24(23)19-27)31-28-20-26(10-12-29(28)34-36-31)32-33-30(35-37-32)21-38-13-4-5-14-38/h7-12,18-20,22H,2-6,13-17,21H2,1H3,(H,34,36)(H,33,35,37)/t22-/m0/s1. The quantitative estimate of drug-likeness (QED) is 0.253. The van der Waals surface area contributed by atoms with Crippen molar-refractivity contribution in [2.24, 2.45) is 0 Å². The molecular formula is C32H37N7O. The summed E-state index contributed by atoms with van der Waals surface area (Å²) in [5.41, 5.74) is 4.00. The van der Waals surface area contributed by atoms with E-state index in [1.807, 2.05) is 0 Å². The molecule has 8 heteroatoms. The summed E-state index contributed by atoms with van der Waals surface area (Å²) in [4.78, 5) is 9.76. The van der Waals surface area contributed by atoms with Gasteiger partial charge in [-0.1, -0.05) is 24.6 Å². The lowest BCUT2D eigenvalue weighted by Crippen LogP contribution is -2.39. The average Bonchev–Trinajstić information content (AvgIpc) is 3.75. The minimum absolute atomic E-state index is 0.661. The summed E-state index contributed by atoms with van der Waals surface area (Å²) in [6.45, 7) is 8.33. The van der Waals surface area contributed by atoms with Gasteiger partial charge < -0.3 is 4.74 Å². The van der Waals surface area contributed by atoms with E-state index in [1.54, 1.807) is 0 Å². The number of nitrogens with zero attached hydrogens (tertiary/aromatic N) is 5. The molecular weight excluding hydrogens is 498 g/mol. The Morgan fingerprint density at radius 2 is 1.68 bits per heavy atom. The number of fused-ring (bicyclic) bond motifs is 2. The first-order valence-corrected chi connectivity index (χ1v) is 14.7. The molecule has 4 heterocycles. The van der Waals surface area contributed by atoms with Gasteiger partial charge >= 0.3 is 0 Å². The van der Waals surface area contributed by atoms with Crippen LogP contribution in [0.3, 0.4) is 0 Å². The van der Waals surface area contributed by atoms with E-state index in [0.29, 0.717) is 6.04 Å². The number of aromatic nitrogens is 5. The van der Waals surface area contributed by atoms with E-state index in [4.69, 9.17) is 9.72 Å². The van der Waals surface area contributed by atoms with E-state index >= 15 is 0 Å². The number of ether oxygens (including phenoxy) is 1. The van der Waals surface area contributed by atoms with Gasteiger partial charge in [0.2, 0.25) is 0 Å². The SMILES string of the molecule is C[C@H]1CCCCN1CCOc1ccc2cc(-c3n[nH]c4ccc(-c5n[nH]c(CN6CCCC6)n5)cc34)ccc2c1. The van der Waals surface area contributed by atoms with Crippen molar-refractivity contribution in [2.75, 3.05) is 32.8 Å². The number of aromatic amines is 2. The minimum Gasteiger partial charge on any atom is -0.492 e. The van der Waals surface area contributed by atoms with Crippen molar-refractivity contribution in [1.29, 1.82) is 0 Å². The Hall–Kier alpha value is -3.75. The zero-order valence-corrected chi connectivity index (χ0v) is 23.2. The van der Waals surface area contributed by atoms with Crippen LogP contribution in [-0.4, -0.2) is 74.0 Å². The van der Waals surface area contributed by atoms with E-state index in [0.717, 1.165) is 77.9 Å². The number of H-pyrrole nitrogens is 2. The Bertz CT molecular complexity index is 1620. The van der Waals surface area contributed by atoms with Crippen LogP contribution in [-0.2, 0) is 6.54 Å². The number of nitrogens with one attached hydrogen (secondary N) is 2. The summed E-state index contributed by atoms with van der Waals surface area (Å²) in [6.07, 6.45) is 6.48. The molecule has 0 unspecified atom stereocenters. The van der Waals surface area contributed by atoms with Crippen LogP contribution in [0.2, 0.25) is 0 Å². The Morgan fingerprint density at radius 3 is 2.58 bits per heavy atom. The Morgan fingerprint density at radius 1 is 0.850 bits per heavy atom. The molecule has 0 aliphatic carbocycles. The lowest BCUT2D eigenvalue weighted by atomic mass is 10.0. The highest BCUT2D eigenvalue weighted by molar-refractivity contribution is 5.97. The Kier molecular flexibility index (Phi) is 6.95. The van der Waals surface area contributed by atoms with Crippen LogP contribution in [0.1, 0.15) is 44.9 Å². The van der Waals surface area contributed by atoms with Crippen LogP contribution in [0, 0.1) is 0 Å². The highest BCUT2D eigenvalue weighted by Crippen LogP contribution is 2.32. The third-order valence-corrected chi connectivity index (χ3v) is 8.60. The second-order valence-electron chi connectivity index (χ2n) is 11.4. The van der Waals surface area contributed by atoms with E-state index in [-0.39, 0.29) is 0 Å². The first kappa shape index (κ1) is 25.2. The molecule has 2 saturated heterocycles. The molecule has 1 atom stereocenters. The fourth-order valence-electron chi connectivity index (χ4n) is 6.25. The van der Waals surface area contributed by atoms with Crippen LogP contribution in [0.15, 0.2) is 54.6 Å². The Labute approximate surface area is 234 Å². The van der Waals surface area contributed by atoms with Gasteiger partial charge in [-0.2, -0.15) is 10.2 Å². The molecule has 5 aromatic rings. The number of hydrogen-bond acceptors (Lipinski definition) is 6. The molecule has 40 heavy (non-hydrogen) atoms. The molecule has 2 fully saturated rings. The summed E-state index contributed by atoms with van der Waals surface area (Å²) < 4.78 is 6.14. The third-order valence-electron chi connectivity index (χ3n) is 8.60. The van der Waals surface area contributed by atoms with Crippen LogP contribution < -0.4 is 4.74 Å². The summed E-state index contributed by atoms with van der Waals surface area (Å²) in [5.74, 6) is 2.57.